The van der Waals surface area contributed by atoms with Crippen molar-refractivity contribution in [3.8, 4) is 0 Å². The Hall–Kier alpha value is -2.75. The average Bonchev–Trinajstić information content (AvgIpc) is 2.91. The molecular formula is C19H17F4N3O2S. The summed E-state index contributed by atoms with van der Waals surface area (Å²) >= 11 is 1.19. The van der Waals surface area contributed by atoms with Gasteiger partial charge < -0.3 is 5.32 Å². The molecule has 10 heteroatoms. The number of aryl methyl sites for hydroxylation is 1. The molecule has 154 valence electrons. The smallest absolute Gasteiger partial charge is 0.356 e. The molecule has 0 aliphatic heterocycles. The monoisotopic (exact) mass is 427 g/mol. The van der Waals surface area contributed by atoms with E-state index in [1.165, 1.54) is 21.8 Å². The van der Waals surface area contributed by atoms with Crippen LogP contribution in [-0.4, -0.2) is 21.8 Å². The maximum absolute atomic E-state index is 14.3. The number of alkyl halides is 3. The van der Waals surface area contributed by atoms with Crippen molar-refractivity contribution in [2.45, 2.75) is 32.9 Å². The first-order valence-corrected chi connectivity index (χ1v) is 9.55. The second-order valence-corrected chi connectivity index (χ2v) is 7.57. The standard InChI is InChI=1S/C19H17F4N3O2S/c1-3-24-15(27)9-14-10(2)29-18-25-12(8-16(28)26(14)18)7-11-5-4-6-13(17(11)20)19(21,22)23/h4-6,8H,3,7,9H2,1-2H3,(H,24,27). The number of hydrogen-bond donors (Lipinski definition) is 1. The summed E-state index contributed by atoms with van der Waals surface area (Å²) in [5.41, 5.74) is -1.37. The zero-order chi connectivity index (χ0) is 21.3. The van der Waals surface area contributed by atoms with Gasteiger partial charge in [-0.05, 0) is 25.5 Å². The Bertz CT molecular complexity index is 1130. The molecule has 0 aliphatic carbocycles. The number of likely N-dealkylation sites (N-methyl/N-ethyl adjacent to an activating group) is 1. The Morgan fingerprint density at radius 3 is 2.69 bits per heavy atom. The van der Waals surface area contributed by atoms with E-state index in [0.717, 1.165) is 17.0 Å². The van der Waals surface area contributed by atoms with E-state index in [4.69, 9.17) is 0 Å². The highest BCUT2D eigenvalue weighted by Crippen LogP contribution is 2.33. The van der Waals surface area contributed by atoms with E-state index in [9.17, 15) is 27.2 Å². The van der Waals surface area contributed by atoms with E-state index in [1.54, 1.807) is 13.8 Å². The highest BCUT2D eigenvalue weighted by molar-refractivity contribution is 7.17. The first kappa shape index (κ1) is 21.0. The van der Waals surface area contributed by atoms with E-state index in [-0.39, 0.29) is 30.0 Å². The minimum Gasteiger partial charge on any atom is -0.356 e. The largest absolute Gasteiger partial charge is 0.419 e. The lowest BCUT2D eigenvalue weighted by molar-refractivity contribution is -0.140. The molecule has 0 radical (unpaired) electrons. The zero-order valence-corrected chi connectivity index (χ0v) is 16.4. The molecule has 0 unspecified atom stereocenters. The first-order chi connectivity index (χ1) is 13.6. The fraction of sp³-hybridized carbons (Fsp3) is 0.316. The highest BCUT2D eigenvalue weighted by Gasteiger charge is 2.34. The number of carbonyl (C=O) groups is 1. The van der Waals surface area contributed by atoms with Crippen LogP contribution in [0.25, 0.3) is 4.96 Å². The van der Waals surface area contributed by atoms with Gasteiger partial charge in [0.25, 0.3) is 5.56 Å². The molecule has 3 rings (SSSR count). The lowest BCUT2D eigenvalue weighted by Crippen LogP contribution is -2.27. The number of nitrogens with zero attached hydrogens (tertiary/aromatic N) is 2. The van der Waals surface area contributed by atoms with Crippen LogP contribution in [0.2, 0.25) is 0 Å². The Balaban J connectivity index is 2.00. The van der Waals surface area contributed by atoms with Crippen molar-refractivity contribution in [3.63, 3.8) is 0 Å². The van der Waals surface area contributed by atoms with E-state index in [0.29, 0.717) is 23.3 Å². The Morgan fingerprint density at radius 1 is 1.31 bits per heavy atom. The maximum Gasteiger partial charge on any atom is 0.419 e. The molecule has 0 aliphatic rings. The average molecular weight is 427 g/mol. The third kappa shape index (κ3) is 4.31. The minimum atomic E-state index is -4.81. The molecule has 1 amide bonds. The summed E-state index contributed by atoms with van der Waals surface area (Å²) < 4.78 is 54.3. The molecule has 3 aromatic rings. The number of thiazole rings is 1. The van der Waals surface area contributed by atoms with E-state index in [2.05, 4.69) is 10.3 Å². The van der Waals surface area contributed by atoms with Crippen LogP contribution in [0.1, 0.15) is 34.3 Å². The quantitative estimate of drug-likeness (QED) is 0.634. The second kappa shape index (κ2) is 7.94. The SMILES string of the molecule is CCNC(=O)Cc1c(C)sc2nc(Cc3cccc(C(F)(F)F)c3F)cc(=O)n12. The van der Waals surface area contributed by atoms with Gasteiger partial charge in [0.1, 0.15) is 5.82 Å². The van der Waals surface area contributed by atoms with Crippen LogP contribution in [0.4, 0.5) is 17.6 Å². The molecule has 0 fully saturated rings. The van der Waals surface area contributed by atoms with Crippen molar-refractivity contribution >= 4 is 22.2 Å². The predicted molar refractivity (Wildman–Crippen MR) is 101 cm³/mol. The van der Waals surface area contributed by atoms with Crippen molar-refractivity contribution in [1.29, 1.82) is 0 Å². The van der Waals surface area contributed by atoms with Gasteiger partial charge in [0.15, 0.2) is 4.96 Å². The molecular weight excluding hydrogens is 410 g/mol. The zero-order valence-electron chi connectivity index (χ0n) is 15.6. The van der Waals surface area contributed by atoms with E-state index in [1.807, 2.05) is 0 Å². The van der Waals surface area contributed by atoms with Gasteiger partial charge >= 0.3 is 6.18 Å². The Morgan fingerprint density at radius 2 is 2.03 bits per heavy atom. The van der Waals surface area contributed by atoms with Crippen molar-refractivity contribution < 1.29 is 22.4 Å². The maximum atomic E-state index is 14.3. The van der Waals surface area contributed by atoms with E-state index >= 15 is 0 Å². The van der Waals surface area contributed by atoms with Crippen LogP contribution in [0.5, 0.6) is 0 Å². The van der Waals surface area contributed by atoms with Crippen LogP contribution in [0, 0.1) is 12.7 Å². The van der Waals surface area contributed by atoms with Gasteiger partial charge in [-0.1, -0.05) is 12.1 Å². The molecule has 1 N–H and O–H groups in total. The topological polar surface area (TPSA) is 63.5 Å². The van der Waals surface area contributed by atoms with Crippen molar-refractivity contribution in [2.24, 2.45) is 0 Å². The van der Waals surface area contributed by atoms with Crippen LogP contribution in [-0.2, 0) is 23.8 Å². The van der Waals surface area contributed by atoms with Crippen LogP contribution in [0.15, 0.2) is 29.1 Å². The lowest BCUT2D eigenvalue weighted by Gasteiger charge is -2.11. The van der Waals surface area contributed by atoms with Gasteiger partial charge in [0.05, 0.1) is 23.4 Å². The summed E-state index contributed by atoms with van der Waals surface area (Å²) in [5, 5.41) is 2.66. The fourth-order valence-corrected chi connectivity index (χ4v) is 4.02. The Kier molecular flexibility index (Phi) is 5.74. The normalized spacial score (nSPS) is 11.8. The number of hydrogen-bond acceptors (Lipinski definition) is 4. The lowest BCUT2D eigenvalue weighted by atomic mass is 10.0. The number of benzene rings is 1. The molecule has 0 spiro atoms. The van der Waals surface area contributed by atoms with Crippen LogP contribution < -0.4 is 10.9 Å². The summed E-state index contributed by atoms with van der Waals surface area (Å²) in [4.78, 5) is 29.8. The molecule has 1 aromatic carbocycles. The van der Waals surface area contributed by atoms with E-state index < -0.39 is 23.1 Å². The van der Waals surface area contributed by atoms with Gasteiger partial charge in [-0.3, -0.25) is 14.0 Å². The summed E-state index contributed by atoms with van der Waals surface area (Å²) in [5.74, 6) is -1.61. The molecule has 0 saturated heterocycles. The van der Waals surface area contributed by atoms with Crippen molar-refractivity contribution in [1.82, 2.24) is 14.7 Å². The minimum absolute atomic E-state index is 0.00284. The summed E-state index contributed by atoms with van der Waals surface area (Å²) in [6.45, 7) is 3.99. The number of amides is 1. The molecule has 0 atom stereocenters. The number of aromatic nitrogens is 2. The highest BCUT2D eigenvalue weighted by atomic mass is 32.1. The fourth-order valence-electron chi connectivity index (χ4n) is 3.01. The molecule has 5 nitrogen and oxygen atoms in total. The number of halogens is 4. The third-order valence-electron chi connectivity index (χ3n) is 4.32. The van der Waals surface area contributed by atoms with Gasteiger partial charge in [-0.2, -0.15) is 13.2 Å². The number of rotatable bonds is 5. The number of carbonyl (C=O) groups excluding carboxylic acids is 1. The van der Waals surface area contributed by atoms with Crippen LogP contribution >= 0.6 is 11.3 Å². The van der Waals surface area contributed by atoms with Gasteiger partial charge in [0.2, 0.25) is 5.91 Å². The van der Waals surface area contributed by atoms with Crippen molar-refractivity contribution in [2.75, 3.05) is 6.54 Å². The van der Waals surface area contributed by atoms with Crippen molar-refractivity contribution in [3.05, 3.63) is 67.8 Å². The molecule has 0 saturated carbocycles. The second-order valence-electron chi connectivity index (χ2n) is 6.39. The van der Waals surface area contributed by atoms with Gasteiger partial charge in [0, 0.05) is 23.9 Å². The summed E-state index contributed by atoms with van der Waals surface area (Å²) in [6.07, 6.45) is -5.07. The molecule has 29 heavy (non-hydrogen) atoms. The molecule has 2 heterocycles. The van der Waals surface area contributed by atoms with Crippen LogP contribution in [0.3, 0.4) is 0 Å². The van der Waals surface area contributed by atoms with Gasteiger partial charge in [-0.15, -0.1) is 11.3 Å². The number of nitrogens with one attached hydrogen (secondary N) is 1. The Labute approximate surface area is 167 Å². The number of fused-ring (bicyclic) bond motifs is 1. The molecule has 2 aromatic heterocycles. The molecule has 0 bridgehead atoms. The summed E-state index contributed by atoms with van der Waals surface area (Å²) in [7, 11) is 0. The summed E-state index contributed by atoms with van der Waals surface area (Å²) in [6, 6.07) is 4.17. The first-order valence-electron chi connectivity index (χ1n) is 8.74. The van der Waals surface area contributed by atoms with Gasteiger partial charge in [-0.25, -0.2) is 9.37 Å². The third-order valence-corrected chi connectivity index (χ3v) is 5.32. The predicted octanol–water partition coefficient (Wildman–Crippen LogP) is 3.49.